The first kappa shape index (κ1) is 12.2. The van der Waals surface area contributed by atoms with Crippen LogP contribution in [0.3, 0.4) is 0 Å². The predicted molar refractivity (Wildman–Crippen MR) is 75.4 cm³/mol. The molecule has 1 N–H and O–H groups in total. The highest BCUT2D eigenvalue weighted by atomic mass is 35.5. The molecule has 1 heterocycles. The molecule has 104 valence electrons. The second kappa shape index (κ2) is 4.22. The zero-order valence-electron chi connectivity index (χ0n) is 10.9. The van der Waals surface area contributed by atoms with Crippen molar-refractivity contribution in [2.24, 2.45) is 17.8 Å². The Labute approximate surface area is 122 Å². The zero-order valence-corrected chi connectivity index (χ0v) is 11.6. The minimum atomic E-state index is -0.314. The van der Waals surface area contributed by atoms with E-state index in [-0.39, 0.29) is 23.9 Å². The first-order valence-corrected chi connectivity index (χ1v) is 7.42. The van der Waals surface area contributed by atoms with Crippen LogP contribution in [0.15, 0.2) is 24.3 Å². The molecule has 4 atom stereocenters. The second-order valence-electron chi connectivity index (χ2n) is 6.00. The summed E-state index contributed by atoms with van der Waals surface area (Å²) in [4.78, 5) is 25.9. The fourth-order valence-electron chi connectivity index (χ4n) is 4.19. The molecule has 0 aromatic heterocycles. The largest absolute Gasteiger partial charge is 0.328 e. The number of likely N-dealkylation sites (tertiary alicyclic amines) is 1. The highest BCUT2D eigenvalue weighted by Crippen LogP contribution is 2.56. The van der Waals surface area contributed by atoms with Crippen LogP contribution in [-0.2, 0) is 4.79 Å². The maximum absolute atomic E-state index is 12.3. The van der Waals surface area contributed by atoms with Gasteiger partial charge in [0.1, 0.15) is 0 Å². The van der Waals surface area contributed by atoms with E-state index in [0.29, 0.717) is 22.5 Å². The standard InChI is InChI=1S/C15H15ClN2O2/c16-10-2-1-3-11(7-10)17-15(20)18-13-9-5-4-8(6-9)12(13)14(18)19/h1-3,7-9,12-13H,4-6H2,(H,17,20)/t8-,9+,12+,13-/m0/s1. The van der Waals surface area contributed by atoms with Crippen molar-refractivity contribution in [2.75, 3.05) is 5.32 Å². The molecule has 2 aliphatic carbocycles. The van der Waals surface area contributed by atoms with Gasteiger partial charge in [-0.2, -0.15) is 0 Å². The van der Waals surface area contributed by atoms with Gasteiger partial charge in [0.05, 0.1) is 12.0 Å². The number of carbonyl (C=O) groups is 2. The van der Waals surface area contributed by atoms with Crippen LogP contribution < -0.4 is 5.32 Å². The predicted octanol–water partition coefficient (Wildman–Crippen LogP) is 3.13. The molecule has 4 rings (SSSR count). The molecular weight excluding hydrogens is 276 g/mol. The first-order valence-electron chi connectivity index (χ1n) is 7.05. The lowest BCUT2D eigenvalue weighted by molar-refractivity contribution is -0.153. The number of rotatable bonds is 1. The number of hydrogen-bond donors (Lipinski definition) is 1. The molecule has 1 aromatic rings. The van der Waals surface area contributed by atoms with Crippen LogP contribution in [0.25, 0.3) is 0 Å². The van der Waals surface area contributed by atoms with E-state index in [4.69, 9.17) is 11.6 Å². The van der Waals surface area contributed by atoms with Crippen molar-refractivity contribution in [1.29, 1.82) is 0 Å². The number of nitrogens with zero attached hydrogens (tertiary/aromatic N) is 1. The van der Waals surface area contributed by atoms with Gasteiger partial charge in [-0.1, -0.05) is 17.7 Å². The minimum Gasteiger partial charge on any atom is -0.307 e. The Hall–Kier alpha value is -1.55. The Bertz CT molecular complexity index is 603. The molecule has 2 saturated carbocycles. The van der Waals surface area contributed by atoms with E-state index >= 15 is 0 Å². The van der Waals surface area contributed by atoms with E-state index in [1.165, 1.54) is 4.90 Å². The van der Waals surface area contributed by atoms with Gasteiger partial charge in [0.15, 0.2) is 0 Å². The number of β-lactam (4-membered cyclic amide) rings is 1. The third-order valence-corrected chi connectivity index (χ3v) is 5.22. The van der Waals surface area contributed by atoms with Gasteiger partial charge in [-0.15, -0.1) is 0 Å². The molecule has 2 bridgehead atoms. The molecular formula is C15H15ClN2O2. The third-order valence-electron chi connectivity index (χ3n) is 4.99. The van der Waals surface area contributed by atoms with Crippen LogP contribution in [0.1, 0.15) is 19.3 Å². The number of benzene rings is 1. The monoisotopic (exact) mass is 290 g/mol. The summed E-state index contributed by atoms with van der Waals surface area (Å²) in [5, 5.41) is 3.33. The van der Waals surface area contributed by atoms with Crippen LogP contribution >= 0.6 is 11.6 Å². The summed E-state index contributed by atoms with van der Waals surface area (Å²) < 4.78 is 0. The Morgan fingerprint density at radius 3 is 2.90 bits per heavy atom. The lowest BCUT2D eigenvalue weighted by Crippen LogP contribution is -2.66. The molecule has 5 heteroatoms. The number of hydrogen-bond acceptors (Lipinski definition) is 2. The molecule has 1 aliphatic heterocycles. The fourth-order valence-corrected chi connectivity index (χ4v) is 4.38. The van der Waals surface area contributed by atoms with Crippen LogP contribution in [-0.4, -0.2) is 22.9 Å². The molecule has 1 aromatic carbocycles. The van der Waals surface area contributed by atoms with Crippen LogP contribution in [0.5, 0.6) is 0 Å². The van der Waals surface area contributed by atoms with Gasteiger partial charge in [0.2, 0.25) is 5.91 Å². The summed E-state index contributed by atoms with van der Waals surface area (Å²) in [7, 11) is 0. The first-order chi connectivity index (χ1) is 9.65. The number of imide groups is 1. The number of nitrogens with one attached hydrogen (secondary N) is 1. The lowest BCUT2D eigenvalue weighted by Gasteiger charge is -2.47. The van der Waals surface area contributed by atoms with E-state index in [1.807, 2.05) is 0 Å². The average molecular weight is 291 g/mol. The zero-order chi connectivity index (χ0) is 13.9. The topological polar surface area (TPSA) is 49.4 Å². The van der Waals surface area contributed by atoms with Crippen LogP contribution in [0.2, 0.25) is 5.02 Å². The van der Waals surface area contributed by atoms with Gasteiger partial charge >= 0.3 is 6.03 Å². The fraction of sp³-hybridized carbons (Fsp3) is 0.467. The molecule has 3 amide bonds. The van der Waals surface area contributed by atoms with Crippen molar-refractivity contribution in [1.82, 2.24) is 4.90 Å². The summed E-state index contributed by atoms with van der Waals surface area (Å²) in [6, 6.07) is 6.80. The number of amides is 3. The van der Waals surface area contributed by atoms with E-state index in [9.17, 15) is 9.59 Å². The van der Waals surface area contributed by atoms with Gasteiger partial charge in [0, 0.05) is 10.7 Å². The van der Waals surface area contributed by atoms with Gasteiger partial charge in [-0.25, -0.2) is 4.79 Å². The van der Waals surface area contributed by atoms with E-state index in [0.717, 1.165) is 19.3 Å². The lowest BCUT2D eigenvalue weighted by atomic mass is 9.76. The molecule has 3 aliphatic rings. The van der Waals surface area contributed by atoms with Crippen molar-refractivity contribution in [3.05, 3.63) is 29.3 Å². The normalized spacial score (nSPS) is 33.9. The van der Waals surface area contributed by atoms with Gasteiger partial charge < -0.3 is 5.32 Å². The quantitative estimate of drug-likeness (QED) is 0.808. The van der Waals surface area contributed by atoms with Crippen LogP contribution in [0, 0.1) is 17.8 Å². The van der Waals surface area contributed by atoms with E-state index in [1.54, 1.807) is 24.3 Å². The number of anilines is 1. The Balaban J connectivity index is 1.51. The maximum Gasteiger partial charge on any atom is 0.328 e. The van der Waals surface area contributed by atoms with Crippen molar-refractivity contribution < 1.29 is 9.59 Å². The highest BCUT2D eigenvalue weighted by Gasteiger charge is 2.63. The van der Waals surface area contributed by atoms with Gasteiger partial charge in [-0.05, 0) is 49.3 Å². The summed E-state index contributed by atoms with van der Waals surface area (Å²) in [5.41, 5.74) is 0.627. The summed E-state index contributed by atoms with van der Waals surface area (Å²) in [6.45, 7) is 0. The second-order valence-corrected chi connectivity index (χ2v) is 6.43. The Morgan fingerprint density at radius 2 is 2.10 bits per heavy atom. The Kier molecular flexibility index (Phi) is 2.58. The minimum absolute atomic E-state index is 0.00160. The molecule has 3 fully saturated rings. The Morgan fingerprint density at radius 1 is 1.30 bits per heavy atom. The molecule has 0 unspecified atom stereocenters. The van der Waals surface area contributed by atoms with E-state index < -0.39 is 0 Å². The molecule has 0 spiro atoms. The summed E-state index contributed by atoms with van der Waals surface area (Å²) >= 11 is 5.89. The third kappa shape index (κ3) is 1.61. The van der Waals surface area contributed by atoms with Crippen molar-refractivity contribution in [2.45, 2.75) is 25.3 Å². The molecule has 20 heavy (non-hydrogen) atoms. The van der Waals surface area contributed by atoms with Crippen molar-refractivity contribution in [3.8, 4) is 0 Å². The number of carbonyl (C=O) groups excluding carboxylic acids is 2. The SMILES string of the molecule is O=C(Nc1cccc(Cl)c1)N1C(=O)[C@@H]2[C@H]3CC[C@H](C3)[C@@H]21. The average Bonchev–Trinajstić information content (AvgIpc) is 2.95. The molecule has 4 nitrogen and oxygen atoms in total. The smallest absolute Gasteiger partial charge is 0.307 e. The number of fused-ring (bicyclic) bond motifs is 5. The summed E-state index contributed by atoms with van der Waals surface area (Å²) in [6.07, 6.45) is 3.42. The van der Waals surface area contributed by atoms with E-state index in [2.05, 4.69) is 5.32 Å². The number of halogens is 1. The maximum atomic E-state index is 12.3. The molecule has 1 saturated heterocycles. The van der Waals surface area contributed by atoms with Gasteiger partial charge in [0.25, 0.3) is 0 Å². The summed E-state index contributed by atoms with van der Waals surface area (Å²) in [5.74, 6) is 1.15. The van der Waals surface area contributed by atoms with Crippen LogP contribution in [0.4, 0.5) is 10.5 Å². The van der Waals surface area contributed by atoms with Crippen molar-refractivity contribution >= 4 is 29.2 Å². The van der Waals surface area contributed by atoms with Crippen molar-refractivity contribution in [3.63, 3.8) is 0 Å². The molecule has 0 radical (unpaired) electrons. The number of urea groups is 1. The van der Waals surface area contributed by atoms with Gasteiger partial charge in [-0.3, -0.25) is 9.69 Å². The highest BCUT2D eigenvalue weighted by molar-refractivity contribution is 6.30.